The third kappa shape index (κ3) is 3.76. The minimum absolute atomic E-state index is 0.204. The molecule has 0 spiro atoms. The molecule has 6 heteroatoms. The van der Waals surface area contributed by atoms with Gasteiger partial charge in [0.1, 0.15) is 0 Å². The maximum Gasteiger partial charge on any atom is 0.306 e. The molecule has 0 heterocycles. The maximum absolute atomic E-state index is 12.5. The molecule has 2 N–H and O–H groups in total. The fraction of sp³-hybridized carbons (Fsp3) is 0.389. The Kier molecular flexibility index (Phi) is 4.87. The number of carbonyl (C=O) groups is 1. The molecule has 0 aliphatic heterocycles. The molecule has 0 saturated heterocycles. The highest BCUT2D eigenvalue weighted by molar-refractivity contribution is 7.89. The van der Waals surface area contributed by atoms with Gasteiger partial charge < -0.3 is 5.11 Å². The molecule has 5 nitrogen and oxygen atoms in total. The van der Waals surface area contributed by atoms with Gasteiger partial charge in [0.25, 0.3) is 0 Å². The zero-order chi connectivity index (χ0) is 17.2. The first-order valence-corrected chi connectivity index (χ1v) is 9.65. The number of hydrogen-bond acceptors (Lipinski definition) is 3. The van der Waals surface area contributed by atoms with Crippen LogP contribution in [0.1, 0.15) is 25.7 Å². The van der Waals surface area contributed by atoms with Gasteiger partial charge >= 0.3 is 5.97 Å². The number of rotatable bonds is 5. The summed E-state index contributed by atoms with van der Waals surface area (Å²) in [5.74, 6) is -0.820. The second-order valence-corrected chi connectivity index (χ2v) is 8.18. The molecule has 0 bridgehead atoms. The second-order valence-electron chi connectivity index (χ2n) is 6.42. The van der Waals surface area contributed by atoms with Crippen LogP contribution < -0.4 is 4.72 Å². The molecule has 0 radical (unpaired) electrons. The summed E-state index contributed by atoms with van der Waals surface area (Å²) in [6.07, 6.45) is 2.74. The first kappa shape index (κ1) is 16.9. The van der Waals surface area contributed by atoms with Crippen molar-refractivity contribution in [2.75, 3.05) is 6.54 Å². The smallest absolute Gasteiger partial charge is 0.306 e. The third-order valence-corrected chi connectivity index (χ3v) is 6.21. The highest BCUT2D eigenvalue weighted by Crippen LogP contribution is 2.29. The van der Waals surface area contributed by atoms with Gasteiger partial charge in [0.15, 0.2) is 0 Å². The van der Waals surface area contributed by atoms with Crippen molar-refractivity contribution in [1.29, 1.82) is 0 Å². The van der Waals surface area contributed by atoms with Crippen molar-refractivity contribution in [3.63, 3.8) is 0 Å². The van der Waals surface area contributed by atoms with Gasteiger partial charge in [0, 0.05) is 6.54 Å². The summed E-state index contributed by atoms with van der Waals surface area (Å²) >= 11 is 0. The number of carboxylic acids is 1. The monoisotopic (exact) mass is 347 g/mol. The Bertz CT molecular complexity index is 839. The minimum Gasteiger partial charge on any atom is -0.481 e. The van der Waals surface area contributed by atoms with E-state index in [0.717, 1.165) is 23.6 Å². The Morgan fingerprint density at radius 1 is 1.04 bits per heavy atom. The SMILES string of the molecule is O=C(O)[C@H]1CC[C@H](CNS(=O)(=O)c2ccc3ccccc3c2)CC1. The van der Waals surface area contributed by atoms with Crippen LogP contribution in [0.5, 0.6) is 0 Å². The van der Waals surface area contributed by atoms with E-state index in [4.69, 9.17) is 5.11 Å². The molecule has 1 fully saturated rings. The Balaban J connectivity index is 1.64. The molecular weight excluding hydrogens is 326 g/mol. The lowest BCUT2D eigenvalue weighted by Crippen LogP contribution is -2.32. The Hall–Kier alpha value is -1.92. The van der Waals surface area contributed by atoms with E-state index < -0.39 is 16.0 Å². The molecule has 1 saturated carbocycles. The molecule has 1 aliphatic rings. The van der Waals surface area contributed by atoms with Crippen molar-refractivity contribution in [3.8, 4) is 0 Å². The number of fused-ring (bicyclic) bond motifs is 1. The summed E-state index contributed by atoms with van der Waals surface area (Å²) in [6.45, 7) is 0.363. The standard InChI is InChI=1S/C18H21NO4S/c20-18(21)15-7-5-13(6-8-15)12-19-24(22,23)17-10-9-14-3-1-2-4-16(14)11-17/h1-4,9-11,13,15,19H,5-8,12H2,(H,20,21)/t13-,15-. The Morgan fingerprint density at radius 2 is 1.71 bits per heavy atom. The molecule has 128 valence electrons. The van der Waals surface area contributed by atoms with Crippen molar-refractivity contribution in [3.05, 3.63) is 42.5 Å². The van der Waals surface area contributed by atoms with Gasteiger partial charge in [0.05, 0.1) is 10.8 Å². The lowest BCUT2D eigenvalue weighted by molar-refractivity contribution is -0.143. The van der Waals surface area contributed by atoms with Crippen LogP contribution in [0.25, 0.3) is 10.8 Å². The summed E-state index contributed by atoms with van der Waals surface area (Å²) < 4.78 is 27.7. The summed E-state index contributed by atoms with van der Waals surface area (Å²) in [5.41, 5.74) is 0. The largest absolute Gasteiger partial charge is 0.481 e. The van der Waals surface area contributed by atoms with Crippen LogP contribution in [0.3, 0.4) is 0 Å². The number of carboxylic acid groups (broad SMARTS) is 1. The van der Waals surface area contributed by atoms with Gasteiger partial charge in [-0.3, -0.25) is 4.79 Å². The van der Waals surface area contributed by atoms with E-state index in [2.05, 4.69) is 4.72 Å². The van der Waals surface area contributed by atoms with E-state index in [0.29, 0.717) is 19.4 Å². The molecule has 2 aromatic carbocycles. The maximum atomic E-state index is 12.5. The predicted octanol–water partition coefficient (Wildman–Crippen LogP) is 3.01. The van der Waals surface area contributed by atoms with Crippen molar-refractivity contribution in [1.82, 2.24) is 4.72 Å². The van der Waals surface area contributed by atoms with Gasteiger partial charge in [-0.15, -0.1) is 0 Å². The third-order valence-electron chi connectivity index (χ3n) is 4.79. The Labute approximate surface area is 141 Å². The van der Waals surface area contributed by atoms with Crippen molar-refractivity contribution >= 4 is 26.8 Å². The molecule has 0 amide bonds. The van der Waals surface area contributed by atoms with Crippen LogP contribution >= 0.6 is 0 Å². The highest BCUT2D eigenvalue weighted by Gasteiger charge is 2.26. The first-order chi connectivity index (χ1) is 11.5. The van der Waals surface area contributed by atoms with Crippen LogP contribution in [-0.2, 0) is 14.8 Å². The predicted molar refractivity (Wildman–Crippen MR) is 92.2 cm³/mol. The molecule has 0 aromatic heterocycles. The first-order valence-electron chi connectivity index (χ1n) is 8.17. The molecular formula is C18H21NO4S. The zero-order valence-corrected chi connectivity index (χ0v) is 14.1. The van der Waals surface area contributed by atoms with Crippen LogP contribution in [0.15, 0.2) is 47.4 Å². The number of nitrogens with one attached hydrogen (secondary N) is 1. The van der Waals surface area contributed by atoms with Crippen molar-refractivity contribution < 1.29 is 18.3 Å². The summed E-state index contributed by atoms with van der Waals surface area (Å²) in [6, 6.07) is 12.7. The molecule has 0 atom stereocenters. The van der Waals surface area contributed by atoms with E-state index in [1.165, 1.54) is 0 Å². The van der Waals surface area contributed by atoms with E-state index in [1.54, 1.807) is 12.1 Å². The van der Waals surface area contributed by atoms with E-state index in [9.17, 15) is 13.2 Å². The topological polar surface area (TPSA) is 83.5 Å². The summed E-state index contributed by atoms with van der Waals surface area (Å²) in [7, 11) is -3.55. The van der Waals surface area contributed by atoms with Crippen LogP contribution in [-0.4, -0.2) is 26.0 Å². The normalized spacial score (nSPS) is 21.7. The molecule has 3 rings (SSSR count). The fourth-order valence-electron chi connectivity index (χ4n) is 3.26. The second kappa shape index (κ2) is 6.91. The molecule has 0 unspecified atom stereocenters. The van der Waals surface area contributed by atoms with Gasteiger partial charge in [-0.2, -0.15) is 0 Å². The average Bonchev–Trinajstić information content (AvgIpc) is 2.60. The Morgan fingerprint density at radius 3 is 2.38 bits per heavy atom. The van der Waals surface area contributed by atoms with Crippen molar-refractivity contribution in [2.45, 2.75) is 30.6 Å². The average molecular weight is 347 g/mol. The quantitative estimate of drug-likeness (QED) is 0.871. The van der Waals surface area contributed by atoms with Crippen LogP contribution in [0.4, 0.5) is 0 Å². The highest BCUT2D eigenvalue weighted by atomic mass is 32.2. The number of sulfonamides is 1. The van der Waals surface area contributed by atoms with Crippen molar-refractivity contribution in [2.24, 2.45) is 11.8 Å². The number of aliphatic carboxylic acids is 1. The van der Waals surface area contributed by atoms with Crippen LogP contribution in [0.2, 0.25) is 0 Å². The minimum atomic E-state index is -3.55. The molecule has 2 aromatic rings. The van der Waals surface area contributed by atoms with Crippen LogP contribution in [0, 0.1) is 11.8 Å². The summed E-state index contributed by atoms with van der Waals surface area (Å²) in [5, 5.41) is 10.9. The lowest BCUT2D eigenvalue weighted by Gasteiger charge is -2.26. The van der Waals surface area contributed by atoms with Gasteiger partial charge in [-0.25, -0.2) is 13.1 Å². The number of benzene rings is 2. The van der Waals surface area contributed by atoms with Gasteiger partial charge in [0.2, 0.25) is 10.0 Å². The van der Waals surface area contributed by atoms with Gasteiger partial charge in [-0.1, -0.05) is 30.3 Å². The van der Waals surface area contributed by atoms with E-state index >= 15 is 0 Å². The lowest BCUT2D eigenvalue weighted by atomic mass is 9.82. The number of hydrogen-bond donors (Lipinski definition) is 2. The molecule has 24 heavy (non-hydrogen) atoms. The fourth-order valence-corrected chi connectivity index (χ4v) is 4.41. The van der Waals surface area contributed by atoms with Gasteiger partial charge in [-0.05, 0) is 54.5 Å². The van der Waals surface area contributed by atoms with E-state index in [-0.39, 0.29) is 16.7 Å². The molecule has 1 aliphatic carbocycles. The summed E-state index contributed by atoms with van der Waals surface area (Å²) in [4.78, 5) is 11.2. The van der Waals surface area contributed by atoms with E-state index in [1.807, 2.05) is 30.3 Å². The zero-order valence-electron chi connectivity index (χ0n) is 13.3.